The summed E-state index contributed by atoms with van der Waals surface area (Å²) in [6.07, 6.45) is 0.783. The van der Waals surface area contributed by atoms with E-state index in [-0.39, 0.29) is 5.91 Å². The number of hydrogen-bond donors (Lipinski definition) is 1. The normalized spacial score (nSPS) is 10.4. The van der Waals surface area contributed by atoms with Gasteiger partial charge >= 0.3 is 0 Å². The number of amides is 1. The Morgan fingerprint density at radius 1 is 0.792 bits per heavy atom. The molecular formula is C21H18ClNO. The highest BCUT2D eigenvalue weighted by Gasteiger charge is 2.05. The molecule has 24 heavy (non-hydrogen) atoms. The van der Waals surface area contributed by atoms with Crippen LogP contribution in [0.5, 0.6) is 0 Å². The third kappa shape index (κ3) is 4.24. The molecule has 1 amide bonds. The van der Waals surface area contributed by atoms with E-state index in [2.05, 4.69) is 17.4 Å². The number of nitrogens with one attached hydrogen (secondary N) is 1. The van der Waals surface area contributed by atoms with Gasteiger partial charge in [-0.3, -0.25) is 4.79 Å². The monoisotopic (exact) mass is 335 g/mol. The Balaban J connectivity index is 1.56. The Labute approximate surface area is 147 Å². The highest BCUT2D eigenvalue weighted by atomic mass is 35.5. The Bertz CT molecular complexity index is 796. The van der Waals surface area contributed by atoms with Gasteiger partial charge in [0.05, 0.1) is 0 Å². The Morgan fingerprint density at radius 3 is 2.08 bits per heavy atom. The molecule has 0 aliphatic carbocycles. The molecular weight excluding hydrogens is 318 g/mol. The van der Waals surface area contributed by atoms with Gasteiger partial charge in [0.1, 0.15) is 0 Å². The van der Waals surface area contributed by atoms with Gasteiger partial charge in [-0.15, -0.1) is 0 Å². The van der Waals surface area contributed by atoms with E-state index in [1.54, 1.807) is 0 Å². The molecule has 0 aromatic heterocycles. The van der Waals surface area contributed by atoms with Crippen molar-refractivity contribution < 1.29 is 4.79 Å². The van der Waals surface area contributed by atoms with Crippen LogP contribution >= 0.6 is 11.6 Å². The fourth-order valence-corrected chi connectivity index (χ4v) is 2.64. The van der Waals surface area contributed by atoms with E-state index in [9.17, 15) is 4.79 Å². The molecule has 2 nitrogen and oxygen atoms in total. The Morgan fingerprint density at radius 2 is 1.42 bits per heavy atom. The van der Waals surface area contributed by atoms with Crippen LogP contribution in [0.1, 0.15) is 15.9 Å². The largest absolute Gasteiger partial charge is 0.352 e. The first-order chi connectivity index (χ1) is 11.7. The third-order valence-electron chi connectivity index (χ3n) is 3.87. The summed E-state index contributed by atoms with van der Waals surface area (Å²) in [5.41, 5.74) is 4.07. The van der Waals surface area contributed by atoms with E-state index in [1.165, 1.54) is 0 Å². The van der Waals surface area contributed by atoms with Crippen molar-refractivity contribution in [2.75, 3.05) is 6.54 Å². The van der Waals surface area contributed by atoms with Crippen LogP contribution in [0.25, 0.3) is 11.1 Å². The summed E-state index contributed by atoms with van der Waals surface area (Å²) in [7, 11) is 0. The first-order valence-electron chi connectivity index (χ1n) is 7.90. The number of halogens is 1. The van der Waals surface area contributed by atoms with Crippen LogP contribution in [0.15, 0.2) is 78.9 Å². The van der Waals surface area contributed by atoms with E-state index < -0.39 is 0 Å². The van der Waals surface area contributed by atoms with Gasteiger partial charge in [0.15, 0.2) is 0 Å². The molecule has 0 aliphatic rings. The number of carbonyl (C=O) groups is 1. The van der Waals surface area contributed by atoms with Gasteiger partial charge < -0.3 is 5.32 Å². The van der Waals surface area contributed by atoms with Gasteiger partial charge in [-0.1, -0.05) is 66.2 Å². The molecule has 0 radical (unpaired) electrons. The zero-order valence-electron chi connectivity index (χ0n) is 13.2. The van der Waals surface area contributed by atoms with Crippen molar-refractivity contribution in [1.29, 1.82) is 0 Å². The van der Waals surface area contributed by atoms with E-state index in [1.807, 2.05) is 66.7 Å². The molecule has 120 valence electrons. The number of hydrogen-bond acceptors (Lipinski definition) is 1. The van der Waals surface area contributed by atoms with Crippen molar-refractivity contribution in [2.45, 2.75) is 6.42 Å². The maximum Gasteiger partial charge on any atom is 0.251 e. The molecule has 3 aromatic rings. The first kappa shape index (κ1) is 16.3. The maximum absolute atomic E-state index is 12.2. The van der Waals surface area contributed by atoms with Crippen molar-refractivity contribution in [3.8, 4) is 11.1 Å². The summed E-state index contributed by atoms with van der Waals surface area (Å²) in [4.78, 5) is 12.2. The minimum atomic E-state index is -0.0522. The van der Waals surface area contributed by atoms with E-state index in [0.29, 0.717) is 12.1 Å². The highest BCUT2D eigenvalue weighted by Crippen LogP contribution is 2.19. The zero-order chi connectivity index (χ0) is 16.8. The van der Waals surface area contributed by atoms with E-state index in [0.717, 1.165) is 28.1 Å². The van der Waals surface area contributed by atoms with Gasteiger partial charge in [-0.05, 0) is 47.4 Å². The molecule has 0 atom stereocenters. The van der Waals surface area contributed by atoms with Crippen molar-refractivity contribution in [1.82, 2.24) is 5.32 Å². The SMILES string of the molecule is O=C(NCCc1ccc(Cl)cc1)c1ccc(-c2ccccc2)cc1. The van der Waals surface area contributed by atoms with Crippen LogP contribution in [0.3, 0.4) is 0 Å². The molecule has 1 N–H and O–H groups in total. The molecule has 0 fully saturated rings. The first-order valence-corrected chi connectivity index (χ1v) is 8.28. The van der Waals surface area contributed by atoms with Gasteiger partial charge in [-0.2, -0.15) is 0 Å². The molecule has 0 spiro atoms. The molecule has 0 saturated carbocycles. The molecule has 3 rings (SSSR count). The third-order valence-corrected chi connectivity index (χ3v) is 4.12. The van der Waals surface area contributed by atoms with Crippen LogP contribution < -0.4 is 5.32 Å². The Hall–Kier alpha value is -2.58. The van der Waals surface area contributed by atoms with Crippen LogP contribution in [-0.2, 0) is 6.42 Å². The van der Waals surface area contributed by atoms with Gasteiger partial charge in [0.2, 0.25) is 0 Å². The molecule has 3 heteroatoms. The lowest BCUT2D eigenvalue weighted by molar-refractivity contribution is 0.0954. The summed E-state index contributed by atoms with van der Waals surface area (Å²) in [6.45, 7) is 0.598. The lowest BCUT2D eigenvalue weighted by Gasteiger charge is -2.07. The molecule has 0 heterocycles. The van der Waals surface area contributed by atoms with E-state index in [4.69, 9.17) is 11.6 Å². The van der Waals surface area contributed by atoms with Crippen molar-refractivity contribution in [3.05, 3.63) is 95.0 Å². The number of carbonyl (C=O) groups excluding carboxylic acids is 1. The highest BCUT2D eigenvalue weighted by molar-refractivity contribution is 6.30. The summed E-state index contributed by atoms with van der Waals surface area (Å²) < 4.78 is 0. The van der Waals surface area contributed by atoms with Crippen molar-refractivity contribution >= 4 is 17.5 Å². The summed E-state index contributed by atoms with van der Waals surface area (Å²) >= 11 is 5.86. The van der Waals surface area contributed by atoms with Crippen LogP contribution in [-0.4, -0.2) is 12.5 Å². The van der Waals surface area contributed by atoms with Crippen LogP contribution in [0.2, 0.25) is 5.02 Å². The number of benzene rings is 3. The summed E-state index contributed by atoms with van der Waals surface area (Å²) in [5, 5.41) is 3.67. The van der Waals surface area contributed by atoms with E-state index >= 15 is 0 Å². The minimum Gasteiger partial charge on any atom is -0.352 e. The van der Waals surface area contributed by atoms with Crippen LogP contribution in [0, 0.1) is 0 Å². The lowest BCUT2D eigenvalue weighted by atomic mass is 10.0. The minimum absolute atomic E-state index is 0.0522. The average molecular weight is 336 g/mol. The number of rotatable bonds is 5. The molecule has 0 saturated heterocycles. The molecule has 0 unspecified atom stereocenters. The summed E-state index contributed by atoms with van der Waals surface area (Å²) in [6, 6.07) is 25.5. The second kappa shape index (κ2) is 7.80. The Kier molecular flexibility index (Phi) is 5.29. The second-order valence-electron chi connectivity index (χ2n) is 5.58. The smallest absolute Gasteiger partial charge is 0.251 e. The molecule has 3 aromatic carbocycles. The predicted octanol–water partition coefficient (Wildman–Crippen LogP) is 4.98. The topological polar surface area (TPSA) is 29.1 Å². The quantitative estimate of drug-likeness (QED) is 0.700. The van der Waals surface area contributed by atoms with Gasteiger partial charge in [0, 0.05) is 17.1 Å². The van der Waals surface area contributed by atoms with Crippen molar-refractivity contribution in [2.24, 2.45) is 0 Å². The molecule has 0 bridgehead atoms. The fourth-order valence-electron chi connectivity index (χ4n) is 2.52. The van der Waals surface area contributed by atoms with Gasteiger partial charge in [0.25, 0.3) is 5.91 Å². The van der Waals surface area contributed by atoms with Gasteiger partial charge in [-0.25, -0.2) is 0 Å². The van der Waals surface area contributed by atoms with Crippen molar-refractivity contribution in [3.63, 3.8) is 0 Å². The zero-order valence-corrected chi connectivity index (χ0v) is 14.0. The summed E-state index contributed by atoms with van der Waals surface area (Å²) in [5.74, 6) is -0.0522. The lowest BCUT2D eigenvalue weighted by Crippen LogP contribution is -2.25. The molecule has 0 aliphatic heterocycles. The standard InChI is InChI=1S/C21H18ClNO/c22-20-12-6-16(7-13-20)14-15-23-21(24)19-10-8-18(9-11-19)17-4-2-1-3-5-17/h1-13H,14-15H2,(H,23,24). The fraction of sp³-hybridized carbons (Fsp3) is 0.0952. The van der Waals surface area contributed by atoms with Crippen LogP contribution in [0.4, 0.5) is 0 Å². The maximum atomic E-state index is 12.2. The average Bonchev–Trinajstić information content (AvgIpc) is 2.64. The predicted molar refractivity (Wildman–Crippen MR) is 99.4 cm³/mol. The second-order valence-corrected chi connectivity index (χ2v) is 6.01.